The molecule has 0 saturated carbocycles. The molecule has 0 spiro atoms. The fourth-order valence-corrected chi connectivity index (χ4v) is 4.07. The van der Waals surface area contributed by atoms with Gasteiger partial charge >= 0.3 is 11.9 Å². The lowest BCUT2D eigenvalue weighted by Crippen LogP contribution is -2.09. The van der Waals surface area contributed by atoms with Crippen LogP contribution in [0.3, 0.4) is 0 Å². The van der Waals surface area contributed by atoms with E-state index in [0.29, 0.717) is 0 Å². The minimum Gasteiger partial charge on any atom is -0.423 e. The van der Waals surface area contributed by atoms with Crippen LogP contribution in [0.2, 0.25) is 0 Å². The van der Waals surface area contributed by atoms with Gasteiger partial charge in [-0.15, -0.1) is 0 Å². The average molecular weight is 460 g/mol. The third-order valence-corrected chi connectivity index (χ3v) is 6.27. The van der Waals surface area contributed by atoms with Crippen LogP contribution in [-0.2, 0) is 9.84 Å². The SMILES string of the molecule is O=C(Oc1ccc(S(=O)(=O)c2ccc(OC(=O)c3cccnc3)cc2)cc1)c1cccnc1. The molecule has 164 valence electrons. The summed E-state index contributed by atoms with van der Waals surface area (Å²) in [5.41, 5.74) is 0.553. The molecule has 0 amide bonds. The molecule has 0 aliphatic heterocycles. The second kappa shape index (κ2) is 9.41. The van der Waals surface area contributed by atoms with Crippen molar-refractivity contribution in [3.05, 3.63) is 109 Å². The summed E-state index contributed by atoms with van der Waals surface area (Å²) in [6.45, 7) is 0. The van der Waals surface area contributed by atoms with Crippen molar-refractivity contribution in [2.45, 2.75) is 9.79 Å². The topological polar surface area (TPSA) is 113 Å². The summed E-state index contributed by atoms with van der Waals surface area (Å²) < 4.78 is 36.3. The monoisotopic (exact) mass is 460 g/mol. The Balaban J connectivity index is 1.45. The first-order chi connectivity index (χ1) is 15.9. The quantitative estimate of drug-likeness (QED) is 0.316. The first kappa shape index (κ1) is 21.8. The molecule has 2 heterocycles. The van der Waals surface area contributed by atoms with E-state index in [9.17, 15) is 18.0 Å². The largest absolute Gasteiger partial charge is 0.423 e. The highest BCUT2D eigenvalue weighted by atomic mass is 32.2. The molecule has 2 aromatic carbocycles. The Hall–Kier alpha value is -4.37. The Kier molecular flexibility index (Phi) is 6.23. The van der Waals surface area contributed by atoms with Gasteiger partial charge < -0.3 is 9.47 Å². The van der Waals surface area contributed by atoms with Crippen molar-refractivity contribution in [3.63, 3.8) is 0 Å². The van der Waals surface area contributed by atoms with E-state index in [1.807, 2.05) is 0 Å². The second-order valence-electron chi connectivity index (χ2n) is 6.71. The maximum Gasteiger partial charge on any atom is 0.345 e. The number of sulfone groups is 1. The standard InChI is InChI=1S/C24H16N2O6S/c27-23(17-3-1-13-25-15-17)31-19-5-9-21(10-6-19)33(29,30)22-11-7-20(8-12-22)32-24(28)18-4-2-14-26-16-18/h1-16H. The highest BCUT2D eigenvalue weighted by Crippen LogP contribution is 2.25. The summed E-state index contributed by atoms with van der Waals surface area (Å²) in [7, 11) is -3.83. The molecule has 0 bridgehead atoms. The number of benzene rings is 2. The Bertz CT molecular complexity index is 1270. The van der Waals surface area contributed by atoms with Gasteiger partial charge in [0.25, 0.3) is 0 Å². The minimum absolute atomic E-state index is 0.0174. The highest BCUT2D eigenvalue weighted by molar-refractivity contribution is 7.91. The van der Waals surface area contributed by atoms with Crippen LogP contribution < -0.4 is 9.47 Å². The molecule has 0 saturated heterocycles. The number of carbonyl (C=O) groups is 2. The average Bonchev–Trinajstić information content (AvgIpc) is 2.86. The van der Waals surface area contributed by atoms with Crippen LogP contribution in [0, 0.1) is 0 Å². The summed E-state index contributed by atoms with van der Waals surface area (Å²) in [6.07, 6.45) is 5.82. The molecule has 0 unspecified atom stereocenters. The van der Waals surface area contributed by atoms with Gasteiger partial charge in [-0.05, 0) is 72.8 Å². The van der Waals surface area contributed by atoms with Gasteiger partial charge in [0.1, 0.15) is 11.5 Å². The van der Waals surface area contributed by atoms with Crippen LogP contribution in [0.5, 0.6) is 11.5 Å². The van der Waals surface area contributed by atoms with Gasteiger partial charge in [-0.2, -0.15) is 0 Å². The Labute approximate surface area is 189 Å². The van der Waals surface area contributed by atoms with Crippen LogP contribution in [0.15, 0.2) is 107 Å². The molecular weight excluding hydrogens is 444 g/mol. The molecule has 0 N–H and O–H groups in total. The van der Waals surface area contributed by atoms with Crippen molar-refractivity contribution in [2.24, 2.45) is 0 Å². The molecule has 0 aliphatic carbocycles. The number of pyridine rings is 2. The zero-order valence-electron chi connectivity index (χ0n) is 17.0. The smallest absolute Gasteiger partial charge is 0.345 e. The number of hydrogen-bond acceptors (Lipinski definition) is 8. The Morgan fingerprint density at radius 3 is 1.33 bits per heavy atom. The third kappa shape index (κ3) is 5.10. The number of hydrogen-bond donors (Lipinski definition) is 0. The van der Waals surface area contributed by atoms with E-state index in [-0.39, 0.29) is 32.4 Å². The predicted octanol–water partition coefficient (Wildman–Crippen LogP) is 3.75. The fraction of sp³-hybridized carbons (Fsp3) is 0. The van der Waals surface area contributed by atoms with Crippen LogP contribution in [0.4, 0.5) is 0 Å². The lowest BCUT2D eigenvalue weighted by atomic mass is 10.3. The number of aromatic nitrogens is 2. The van der Waals surface area contributed by atoms with E-state index in [4.69, 9.17) is 9.47 Å². The fourth-order valence-electron chi connectivity index (χ4n) is 2.81. The second-order valence-corrected chi connectivity index (χ2v) is 8.66. The van der Waals surface area contributed by atoms with Crippen LogP contribution in [0.25, 0.3) is 0 Å². The van der Waals surface area contributed by atoms with Gasteiger partial charge in [0, 0.05) is 24.8 Å². The van der Waals surface area contributed by atoms with Gasteiger partial charge in [0.05, 0.1) is 20.9 Å². The molecule has 9 heteroatoms. The van der Waals surface area contributed by atoms with E-state index >= 15 is 0 Å². The molecule has 0 aliphatic rings. The van der Waals surface area contributed by atoms with Gasteiger partial charge in [-0.1, -0.05) is 0 Å². The molecule has 4 aromatic rings. The lowest BCUT2D eigenvalue weighted by Gasteiger charge is -2.08. The third-order valence-electron chi connectivity index (χ3n) is 4.48. The maximum absolute atomic E-state index is 12.9. The van der Waals surface area contributed by atoms with Crippen molar-refractivity contribution < 1.29 is 27.5 Å². The van der Waals surface area contributed by atoms with Crippen molar-refractivity contribution in [3.8, 4) is 11.5 Å². The number of ether oxygens (including phenoxy) is 2. The summed E-state index contributed by atoms with van der Waals surface area (Å²) in [6, 6.07) is 17.3. The summed E-state index contributed by atoms with van der Waals surface area (Å²) >= 11 is 0. The Morgan fingerprint density at radius 2 is 1.00 bits per heavy atom. The van der Waals surface area contributed by atoms with E-state index in [1.165, 1.54) is 73.3 Å². The molecule has 2 aromatic heterocycles. The van der Waals surface area contributed by atoms with Crippen molar-refractivity contribution >= 4 is 21.8 Å². The van der Waals surface area contributed by atoms with E-state index in [0.717, 1.165) is 0 Å². The number of esters is 2. The van der Waals surface area contributed by atoms with Gasteiger partial charge in [-0.3, -0.25) is 9.97 Å². The molecule has 0 atom stereocenters. The van der Waals surface area contributed by atoms with Crippen LogP contribution in [0.1, 0.15) is 20.7 Å². The van der Waals surface area contributed by atoms with Gasteiger partial charge in [0.2, 0.25) is 9.84 Å². The van der Waals surface area contributed by atoms with Crippen LogP contribution in [-0.4, -0.2) is 30.3 Å². The number of carbonyl (C=O) groups excluding carboxylic acids is 2. The van der Waals surface area contributed by atoms with Crippen LogP contribution >= 0.6 is 0 Å². The molecule has 8 nitrogen and oxygen atoms in total. The zero-order chi connectivity index (χ0) is 23.3. The number of nitrogens with zero attached hydrogens (tertiary/aromatic N) is 2. The minimum atomic E-state index is -3.83. The van der Waals surface area contributed by atoms with E-state index < -0.39 is 21.8 Å². The molecule has 0 radical (unpaired) electrons. The summed E-state index contributed by atoms with van der Waals surface area (Å²) in [4.78, 5) is 31.9. The van der Waals surface area contributed by atoms with Gasteiger partial charge in [0.15, 0.2) is 0 Å². The summed E-state index contributed by atoms with van der Waals surface area (Å²) in [5.74, 6) is -0.814. The first-order valence-electron chi connectivity index (χ1n) is 9.63. The molecule has 0 fully saturated rings. The number of rotatable bonds is 6. The maximum atomic E-state index is 12.9. The molecule has 4 rings (SSSR count). The van der Waals surface area contributed by atoms with Gasteiger partial charge in [-0.25, -0.2) is 18.0 Å². The first-order valence-corrected chi connectivity index (χ1v) is 11.1. The highest BCUT2D eigenvalue weighted by Gasteiger charge is 2.19. The van der Waals surface area contributed by atoms with Crippen molar-refractivity contribution in [1.82, 2.24) is 9.97 Å². The Morgan fingerprint density at radius 1 is 0.606 bits per heavy atom. The van der Waals surface area contributed by atoms with E-state index in [1.54, 1.807) is 24.3 Å². The zero-order valence-corrected chi connectivity index (χ0v) is 17.8. The van der Waals surface area contributed by atoms with Crippen molar-refractivity contribution in [2.75, 3.05) is 0 Å². The molecule has 33 heavy (non-hydrogen) atoms. The van der Waals surface area contributed by atoms with E-state index in [2.05, 4.69) is 9.97 Å². The lowest BCUT2D eigenvalue weighted by molar-refractivity contribution is 0.0724. The van der Waals surface area contributed by atoms with Crippen molar-refractivity contribution in [1.29, 1.82) is 0 Å². The molecular formula is C24H16N2O6S. The normalized spacial score (nSPS) is 10.9. The predicted molar refractivity (Wildman–Crippen MR) is 117 cm³/mol. The summed E-state index contributed by atoms with van der Waals surface area (Å²) in [5, 5.41) is 0.